The van der Waals surface area contributed by atoms with Crippen molar-refractivity contribution in [3.63, 3.8) is 0 Å². The van der Waals surface area contributed by atoms with Gasteiger partial charge in [-0.05, 0) is 50.1 Å². The number of aromatic nitrogens is 2. The number of ketones is 1. The highest BCUT2D eigenvalue weighted by Gasteiger charge is 2.15. The SMILES string of the molecule is CC(=O)CCSc1nc2ccccc2c(=O)n1-c1cc(C)ccc1C. The van der Waals surface area contributed by atoms with Crippen LogP contribution < -0.4 is 5.56 Å². The molecule has 0 radical (unpaired) electrons. The van der Waals surface area contributed by atoms with Crippen molar-refractivity contribution in [3.05, 3.63) is 63.9 Å². The topological polar surface area (TPSA) is 52.0 Å². The second-order valence-corrected chi connectivity index (χ2v) is 7.20. The molecule has 128 valence electrons. The minimum Gasteiger partial charge on any atom is -0.300 e. The van der Waals surface area contributed by atoms with Crippen molar-refractivity contribution in [1.29, 1.82) is 0 Å². The summed E-state index contributed by atoms with van der Waals surface area (Å²) in [6.07, 6.45) is 0.458. The number of thioether (sulfide) groups is 1. The van der Waals surface area contributed by atoms with Crippen molar-refractivity contribution in [2.75, 3.05) is 5.75 Å². The van der Waals surface area contributed by atoms with Crippen molar-refractivity contribution >= 4 is 28.4 Å². The van der Waals surface area contributed by atoms with Crippen molar-refractivity contribution in [3.8, 4) is 5.69 Å². The van der Waals surface area contributed by atoms with Gasteiger partial charge in [0, 0.05) is 12.2 Å². The van der Waals surface area contributed by atoms with Gasteiger partial charge in [0.2, 0.25) is 0 Å². The second kappa shape index (κ2) is 7.23. The minimum absolute atomic E-state index is 0.0791. The van der Waals surface area contributed by atoms with Crippen molar-refractivity contribution < 1.29 is 4.79 Å². The van der Waals surface area contributed by atoms with E-state index in [9.17, 15) is 9.59 Å². The Morgan fingerprint density at radius 2 is 1.92 bits per heavy atom. The average Bonchev–Trinajstić information content (AvgIpc) is 2.57. The van der Waals surface area contributed by atoms with Crippen LogP contribution in [0, 0.1) is 13.8 Å². The lowest BCUT2D eigenvalue weighted by Gasteiger charge is -2.15. The van der Waals surface area contributed by atoms with Crippen LogP contribution in [0.5, 0.6) is 0 Å². The van der Waals surface area contributed by atoms with Crippen LogP contribution in [-0.4, -0.2) is 21.1 Å². The molecule has 0 atom stereocenters. The molecule has 0 unspecified atom stereocenters. The number of para-hydroxylation sites is 1. The van der Waals surface area contributed by atoms with Gasteiger partial charge in [-0.15, -0.1) is 0 Å². The lowest BCUT2D eigenvalue weighted by Crippen LogP contribution is -2.22. The standard InChI is InChI=1S/C20H20N2O2S/c1-13-8-9-14(2)18(12-13)22-19(24)16-6-4-5-7-17(16)21-20(22)25-11-10-15(3)23/h4-9,12H,10-11H2,1-3H3. The third-order valence-corrected chi connectivity index (χ3v) is 4.98. The maximum Gasteiger partial charge on any atom is 0.266 e. The van der Waals surface area contributed by atoms with Crippen LogP contribution in [0.4, 0.5) is 0 Å². The summed E-state index contributed by atoms with van der Waals surface area (Å²) in [5.41, 5.74) is 3.54. The van der Waals surface area contributed by atoms with Crippen molar-refractivity contribution in [1.82, 2.24) is 9.55 Å². The minimum atomic E-state index is -0.0791. The summed E-state index contributed by atoms with van der Waals surface area (Å²) < 4.78 is 1.68. The highest BCUT2D eigenvalue weighted by atomic mass is 32.2. The number of rotatable bonds is 5. The molecule has 1 aromatic heterocycles. The molecule has 25 heavy (non-hydrogen) atoms. The number of hydrogen-bond donors (Lipinski definition) is 0. The van der Waals surface area contributed by atoms with Gasteiger partial charge in [0.25, 0.3) is 5.56 Å². The maximum absolute atomic E-state index is 13.2. The van der Waals surface area contributed by atoms with Gasteiger partial charge in [0.1, 0.15) is 5.78 Å². The van der Waals surface area contributed by atoms with E-state index in [1.807, 2.05) is 50.2 Å². The van der Waals surface area contributed by atoms with Gasteiger partial charge in [-0.2, -0.15) is 0 Å². The Balaban J connectivity index is 2.23. The fourth-order valence-electron chi connectivity index (χ4n) is 2.67. The first-order valence-corrected chi connectivity index (χ1v) is 9.17. The molecule has 0 saturated heterocycles. The summed E-state index contributed by atoms with van der Waals surface area (Å²) in [4.78, 5) is 29.1. The number of carbonyl (C=O) groups excluding carboxylic acids is 1. The third kappa shape index (κ3) is 3.66. The van der Waals surface area contributed by atoms with E-state index in [1.165, 1.54) is 11.8 Å². The van der Waals surface area contributed by atoms with Crippen molar-refractivity contribution in [2.45, 2.75) is 32.3 Å². The van der Waals surface area contributed by atoms with E-state index in [4.69, 9.17) is 4.98 Å². The number of Topliss-reactive ketones (excluding diaryl/α,β-unsaturated/α-hetero) is 1. The molecule has 4 nitrogen and oxygen atoms in total. The Hall–Kier alpha value is -2.40. The van der Waals surface area contributed by atoms with Gasteiger partial charge in [-0.3, -0.25) is 14.2 Å². The Morgan fingerprint density at radius 1 is 1.16 bits per heavy atom. The van der Waals surface area contributed by atoms with Gasteiger partial charge in [-0.1, -0.05) is 36.0 Å². The first-order valence-electron chi connectivity index (χ1n) is 8.19. The predicted octanol–water partition coefficient (Wildman–Crippen LogP) is 4.07. The molecule has 3 aromatic rings. The van der Waals surface area contributed by atoms with E-state index in [0.717, 1.165) is 16.8 Å². The number of aryl methyl sites for hydroxylation is 2. The van der Waals surface area contributed by atoms with E-state index in [0.29, 0.717) is 28.2 Å². The van der Waals surface area contributed by atoms with Gasteiger partial charge in [0.05, 0.1) is 16.6 Å². The first kappa shape index (κ1) is 17.4. The summed E-state index contributed by atoms with van der Waals surface area (Å²) in [5, 5.41) is 1.22. The van der Waals surface area contributed by atoms with Crippen LogP contribution in [0.3, 0.4) is 0 Å². The predicted molar refractivity (Wildman–Crippen MR) is 103 cm³/mol. The van der Waals surface area contributed by atoms with Crippen molar-refractivity contribution in [2.24, 2.45) is 0 Å². The zero-order valence-electron chi connectivity index (χ0n) is 14.6. The molecule has 0 saturated carbocycles. The van der Waals surface area contributed by atoms with Crippen LogP contribution >= 0.6 is 11.8 Å². The lowest BCUT2D eigenvalue weighted by molar-refractivity contribution is -0.116. The molecule has 0 amide bonds. The smallest absolute Gasteiger partial charge is 0.266 e. The molecule has 0 fully saturated rings. The number of hydrogen-bond acceptors (Lipinski definition) is 4. The number of benzene rings is 2. The van der Waals surface area contributed by atoms with Crippen LogP contribution in [0.1, 0.15) is 24.5 Å². The second-order valence-electron chi connectivity index (χ2n) is 6.14. The summed E-state index contributed by atoms with van der Waals surface area (Å²) in [7, 11) is 0. The highest BCUT2D eigenvalue weighted by Crippen LogP contribution is 2.24. The van der Waals surface area contributed by atoms with Gasteiger partial charge in [-0.25, -0.2) is 4.98 Å². The summed E-state index contributed by atoms with van der Waals surface area (Å²) >= 11 is 1.44. The fourth-order valence-corrected chi connectivity index (χ4v) is 3.71. The molecule has 0 aliphatic heterocycles. The van der Waals surface area contributed by atoms with Gasteiger partial charge >= 0.3 is 0 Å². The zero-order valence-corrected chi connectivity index (χ0v) is 15.4. The summed E-state index contributed by atoms with van der Waals surface area (Å²) in [5.74, 6) is 0.735. The Kier molecular flexibility index (Phi) is 5.04. The lowest BCUT2D eigenvalue weighted by atomic mass is 10.1. The Morgan fingerprint density at radius 3 is 2.68 bits per heavy atom. The summed E-state index contributed by atoms with van der Waals surface area (Å²) in [6, 6.07) is 13.4. The van der Waals surface area contributed by atoms with Crippen LogP contribution in [0.15, 0.2) is 52.4 Å². The molecule has 0 bridgehead atoms. The molecule has 0 aliphatic rings. The molecule has 5 heteroatoms. The van der Waals surface area contributed by atoms with E-state index < -0.39 is 0 Å². The number of fused-ring (bicyclic) bond motifs is 1. The first-order chi connectivity index (χ1) is 12.0. The van der Waals surface area contributed by atoms with Crippen LogP contribution in [-0.2, 0) is 4.79 Å². The molecule has 0 aliphatic carbocycles. The van der Waals surface area contributed by atoms with E-state index in [-0.39, 0.29) is 11.3 Å². The van der Waals surface area contributed by atoms with Gasteiger partial charge in [0.15, 0.2) is 5.16 Å². The zero-order chi connectivity index (χ0) is 18.0. The molecule has 2 aromatic carbocycles. The monoisotopic (exact) mass is 352 g/mol. The molecule has 1 heterocycles. The highest BCUT2D eigenvalue weighted by molar-refractivity contribution is 7.99. The van der Waals surface area contributed by atoms with Crippen LogP contribution in [0.2, 0.25) is 0 Å². The van der Waals surface area contributed by atoms with E-state index in [1.54, 1.807) is 17.6 Å². The number of carbonyl (C=O) groups is 1. The number of nitrogens with zero attached hydrogens (tertiary/aromatic N) is 2. The summed E-state index contributed by atoms with van der Waals surface area (Å²) in [6.45, 7) is 5.57. The average molecular weight is 352 g/mol. The Bertz CT molecular complexity index is 1010. The third-order valence-electron chi connectivity index (χ3n) is 4.04. The van der Waals surface area contributed by atoms with E-state index >= 15 is 0 Å². The molecular weight excluding hydrogens is 332 g/mol. The molecule has 3 rings (SSSR count). The van der Waals surface area contributed by atoms with Crippen LogP contribution in [0.25, 0.3) is 16.6 Å². The molecule has 0 N–H and O–H groups in total. The maximum atomic E-state index is 13.2. The fraction of sp³-hybridized carbons (Fsp3) is 0.250. The van der Waals surface area contributed by atoms with E-state index in [2.05, 4.69) is 0 Å². The molecule has 0 spiro atoms. The quantitative estimate of drug-likeness (QED) is 0.513. The van der Waals surface area contributed by atoms with Gasteiger partial charge < -0.3 is 0 Å². The molecular formula is C20H20N2O2S. The largest absolute Gasteiger partial charge is 0.300 e. The normalized spacial score (nSPS) is 11.0. The Labute approximate surface area is 150 Å².